The lowest BCUT2D eigenvalue weighted by molar-refractivity contribution is -0.142. The molecule has 1 aromatic carbocycles. The van der Waals surface area contributed by atoms with Gasteiger partial charge in [0.1, 0.15) is 6.10 Å². The number of benzene rings is 1. The Morgan fingerprint density at radius 2 is 2.00 bits per heavy atom. The van der Waals surface area contributed by atoms with Gasteiger partial charge in [-0.15, -0.1) is 0 Å². The first-order chi connectivity index (χ1) is 11.6. The van der Waals surface area contributed by atoms with Gasteiger partial charge in [0.15, 0.2) is 0 Å². The average molecular weight is 328 g/mol. The smallest absolute Gasteiger partial charge is 0.251 e. The number of hydrogen-bond acceptors (Lipinski definition) is 3. The zero-order valence-electron chi connectivity index (χ0n) is 14.2. The first kappa shape index (κ1) is 15.6. The highest BCUT2D eigenvalue weighted by molar-refractivity contribution is 5.97. The van der Waals surface area contributed by atoms with Crippen LogP contribution in [-0.2, 0) is 19.7 Å². The predicted octanol–water partition coefficient (Wildman–Crippen LogP) is 2.09. The van der Waals surface area contributed by atoms with Crippen molar-refractivity contribution in [2.45, 2.75) is 43.6 Å². The molecule has 24 heavy (non-hydrogen) atoms. The van der Waals surface area contributed by atoms with E-state index in [1.165, 1.54) is 5.56 Å². The van der Waals surface area contributed by atoms with Crippen LogP contribution in [0.5, 0.6) is 0 Å². The van der Waals surface area contributed by atoms with E-state index in [1.807, 2.05) is 30.1 Å². The van der Waals surface area contributed by atoms with Crippen molar-refractivity contribution in [3.05, 3.63) is 29.8 Å². The van der Waals surface area contributed by atoms with Crippen molar-refractivity contribution in [2.24, 2.45) is 0 Å². The third-order valence-corrected chi connectivity index (χ3v) is 5.94. The molecule has 0 radical (unpaired) electrons. The molecule has 5 nitrogen and oxygen atoms in total. The molecule has 0 bridgehead atoms. The summed E-state index contributed by atoms with van der Waals surface area (Å²) in [5.74, 6) is 0.308. The van der Waals surface area contributed by atoms with Crippen LogP contribution in [0.3, 0.4) is 0 Å². The number of fused-ring (bicyclic) bond motifs is 2. The van der Waals surface area contributed by atoms with Gasteiger partial charge in [-0.2, -0.15) is 0 Å². The summed E-state index contributed by atoms with van der Waals surface area (Å²) in [5, 5.41) is 0. The number of piperidine rings is 1. The first-order valence-electron chi connectivity index (χ1n) is 8.87. The van der Waals surface area contributed by atoms with E-state index in [4.69, 9.17) is 4.74 Å². The maximum absolute atomic E-state index is 12.6. The van der Waals surface area contributed by atoms with Gasteiger partial charge in [0.25, 0.3) is 5.91 Å². The second-order valence-electron chi connectivity index (χ2n) is 7.25. The Labute approximate surface area is 142 Å². The lowest BCUT2D eigenvalue weighted by atomic mass is 9.67. The monoisotopic (exact) mass is 328 g/mol. The number of hydrogen-bond donors (Lipinski definition) is 0. The van der Waals surface area contributed by atoms with Crippen LogP contribution in [-0.4, -0.2) is 49.6 Å². The molecule has 5 heteroatoms. The second-order valence-corrected chi connectivity index (χ2v) is 7.25. The van der Waals surface area contributed by atoms with Crippen molar-refractivity contribution in [3.63, 3.8) is 0 Å². The van der Waals surface area contributed by atoms with E-state index in [-0.39, 0.29) is 23.3 Å². The molecule has 1 atom stereocenters. The minimum Gasteiger partial charge on any atom is -0.368 e. The Balaban J connectivity index is 1.55. The van der Waals surface area contributed by atoms with Crippen molar-refractivity contribution in [1.82, 2.24) is 4.90 Å². The third kappa shape index (κ3) is 2.42. The summed E-state index contributed by atoms with van der Waals surface area (Å²) in [6.45, 7) is 2.12. The van der Waals surface area contributed by atoms with Gasteiger partial charge in [-0.1, -0.05) is 18.2 Å². The molecular formula is C19H24N2O3. The van der Waals surface area contributed by atoms with Crippen LogP contribution in [0.25, 0.3) is 0 Å². The van der Waals surface area contributed by atoms with Crippen molar-refractivity contribution in [2.75, 3.05) is 31.6 Å². The SMILES string of the molecule is CN1C(=O)CC2(CCN(C(=O)[C@@H]3CCCO3)CC2)c2ccccc21. The minimum absolute atomic E-state index is 0.118. The Kier molecular flexibility index (Phi) is 3.83. The van der Waals surface area contributed by atoms with Crippen molar-refractivity contribution in [3.8, 4) is 0 Å². The predicted molar refractivity (Wildman–Crippen MR) is 90.9 cm³/mol. The highest BCUT2D eigenvalue weighted by Crippen LogP contribution is 2.46. The number of carbonyl (C=O) groups excluding carboxylic acids is 2. The van der Waals surface area contributed by atoms with Crippen LogP contribution in [0.4, 0.5) is 5.69 Å². The summed E-state index contributed by atoms with van der Waals surface area (Å²) in [6, 6.07) is 8.21. The van der Waals surface area contributed by atoms with Crippen LogP contribution in [0.15, 0.2) is 24.3 Å². The second kappa shape index (κ2) is 5.88. The maximum Gasteiger partial charge on any atom is 0.251 e. The zero-order chi connectivity index (χ0) is 16.7. The molecule has 3 heterocycles. The Hall–Kier alpha value is -1.88. The van der Waals surface area contributed by atoms with E-state index in [9.17, 15) is 9.59 Å². The summed E-state index contributed by atoms with van der Waals surface area (Å²) in [5.41, 5.74) is 2.16. The first-order valence-corrected chi connectivity index (χ1v) is 8.87. The summed E-state index contributed by atoms with van der Waals surface area (Å²) in [6.07, 6.45) is 3.81. The van der Waals surface area contributed by atoms with Gasteiger partial charge in [-0.3, -0.25) is 9.59 Å². The number of nitrogens with zero attached hydrogens (tertiary/aromatic N) is 2. The van der Waals surface area contributed by atoms with E-state index in [0.717, 1.165) is 31.4 Å². The number of likely N-dealkylation sites (tertiary alicyclic amines) is 1. The molecule has 128 valence electrons. The third-order valence-electron chi connectivity index (χ3n) is 5.94. The van der Waals surface area contributed by atoms with E-state index >= 15 is 0 Å². The van der Waals surface area contributed by atoms with Crippen molar-refractivity contribution >= 4 is 17.5 Å². The molecule has 1 aromatic rings. The normalized spacial score (nSPS) is 25.9. The van der Waals surface area contributed by atoms with Gasteiger partial charge in [-0.25, -0.2) is 0 Å². The summed E-state index contributed by atoms with van der Waals surface area (Å²) < 4.78 is 5.54. The molecule has 4 rings (SSSR count). The highest BCUT2D eigenvalue weighted by Gasteiger charge is 2.45. The molecule has 2 fully saturated rings. The van der Waals surface area contributed by atoms with Crippen LogP contribution < -0.4 is 4.90 Å². The summed E-state index contributed by atoms with van der Waals surface area (Å²) >= 11 is 0. The van der Waals surface area contributed by atoms with Crippen LogP contribution >= 0.6 is 0 Å². The fourth-order valence-electron chi connectivity index (χ4n) is 4.43. The number of rotatable bonds is 1. The van der Waals surface area contributed by atoms with E-state index in [1.54, 1.807) is 4.90 Å². The highest BCUT2D eigenvalue weighted by atomic mass is 16.5. The average Bonchev–Trinajstić information content (AvgIpc) is 3.15. The number of ether oxygens (including phenoxy) is 1. The summed E-state index contributed by atoms with van der Waals surface area (Å²) in [4.78, 5) is 28.7. The van der Waals surface area contributed by atoms with Crippen LogP contribution in [0, 0.1) is 0 Å². The van der Waals surface area contributed by atoms with Gasteiger partial charge in [0.05, 0.1) is 0 Å². The molecule has 0 aliphatic carbocycles. The lowest BCUT2D eigenvalue weighted by Crippen LogP contribution is -2.52. The van der Waals surface area contributed by atoms with Gasteiger partial charge < -0.3 is 14.5 Å². The number of para-hydroxylation sites is 1. The Morgan fingerprint density at radius 1 is 1.25 bits per heavy atom. The van der Waals surface area contributed by atoms with Gasteiger partial charge >= 0.3 is 0 Å². The minimum atomic E-state index is -0.245. The van der Waals surface area contributed by atoms with Gasteiger partial charge in [0, 0.05) is 44.3 Å². The van der Waals surface area contributed by atoms with Crippen molar-refractivity contribution < 1.29 is 14.3 Å². The van der Waals surface area contributed by atoms with Gasteiger partial charge in [-0.05, 0) is 37.3 Å². The zero-order valence-corrected chi connectivity index (χ0v) is 14.2. The molecule has 3 aliphatic heterocycles. The number of amides is 2. The topological polar surface area (TPSA) is 49.9 Å². The fraction of sp³-hybridized carbons (Fsp3) is 0.579. The Bertz CT molecular complexity index is 658. The molecule has 2 saturated heterocycles. The fourth-order valence-corrected chi connectivity index (χ4v) is 4.43. The van der Waals surface area contributed by atoms with Crippen LogP contribution in [0.2, 0.25) is 0 Å². The number of carbonyl (C=O) groups is 2. The lowest BCUT2D eigenvalue weighted by Gasteiger charge is -2.47. The largest absolute Gasteiger partial charge is 0.368 e. The van der Waals surface area contributed by atoms with Crippen molar-refractivity contribution in [1.29, 1.82) is 0 Å². The molecule has 1 spiro atoms. The molecule has 0 aromatic heterocycles. The van der Waals surface area contributed by atoms with E-state index < -0.39 is 0 Å². The van der Waals surface area contributed by atoms with E-state index in [2.05, 4.69) is 6.07 Å². The number of anilines is 1. The quantitative estimate of drug-likeness (QED) is 0.793. The Morgan fingerprint density at radius 3 is 2.71 bits per heavy atom. The molecular weight excluding hydrogens is 304 g/mol. The maximum atomic E-state index is 12.6. The molecule has 0 N–H and O–H groups in total. The van der Waals surface area contributed by atoms with Crippen LogP contribution in [0.1, 0.15) is 37.7 Å². The molecule has 0 unspecified atom stereocenters. The summed E-state index contributed by atoms with van der Waals surface area (Å²) in [7, 11) is 1.85. The molecule has 3 aliphatic rings. The molecule has 2 amide bonds. The standard InChI is InChI=1S/C19H24N2O3/c1-20-15-6-3-2-5-14(15)19(13-17(20)22)8-10-21(11-9-19)18(23)16-7-4-12-24-16/h2-3,5-6,16H,4,7-13H2,1H3/t16-/m0/s1. The van der Waals surface area contributed by atoms with Gasteiger partial charge in [0.2, 0.25) is 5.91 Å². The molecule has 0 saturated carbocycles. The van der Waals surface area contributed by atoms with E-state index in [0.29, 0.717) is 26.1 Å².